The van der Waals surface area contributed by atoms with Crippen LogP contribution in [0, 0.1) is 5.92 Å². The first-order chi connectivity index (χ1) is 14.8. The van der Waals surface area contributed by atoms with Crippen LogP contribution in [0.25, 0.3) is 0 Å². The molecule has 1 aromatic carbocycles. The number of pyridine rings is 1. The van der Waals surface area contributed by atoms with E-state index in [4.69, 9.17) is 4.74 Å². The fraction of sp³-hybridized carbons (Fsp3) is 0.333. The maximum Gasteiger partial charge on any atom is 0.251 e. The molecular formula is C24H27N3O2S. The molecule has 2 aromatic heterocycles. The molecule has 3 heterocycles. The normalized spacial score (nSPS) is 15.1. The van der Waals surface area contributed by atoms with E-state index in [1.807, 2.05) is 41.7 Å². The molecule has 1 aliphatic rings. The number of piperidine rings is 1. The van der Waals surface area contributed by atoms with E-state index in [2.05, 4.69) is 32.7 Å². The molecule has 156 valence electrons. The second-order valence-corrected chi connectivity index (χ2v) is 8.72. The van der Waals surface area contributed by atoms with Crippen molar-refractivity contribution in [1.82, 2.24) is 15.2 Å². The Labute approximate surface area is 181 Å². The van der Waals surface area contributed by atoms with Crippen LogP contribution in [0.3, 0.4) is 0 Å². The van der Waals surface area contributed by atoms with Crippen LogP contribution in [0.4, 0.5) is 0 Å². The SMILES string of the molecule is O=C(NCC1CCN(Cc2cccs2)CC1)c1cccc(OCc2cccnc2)c1. The fourth-order valence-corrected chi connectivity index (χ4v) is 4.43. The molecule has 0 aliphatic carbocycles. The molecule has 1 aliphatic heterocycles. The van der Waals surface area contributed by atoms with Crippen LogP contribution in [0.2, 0.25) is 0 Å². The molecule has 0 spiro atoms. The number of hydrogen-bond donors (Lipinski definition) is 1. The highest BCUT2D eigenvalue weighted by Gasteiger charge is 2.20. The molecule has 30 heavy (non-hydrogen) atoms. The lowest BCUT2D eigenvalue weighted by Gasteiger charge is -2.31. The Morgan fingerprint density at radius 2 is 2.07 bits per heavy atom. The lowest BCUT2D eigenvalue weighted by atomic mass is 9.96. The number of ether oxygens (including phenoxy) is 1. The van der Waals surface area contributed by atoms with Gasteiger partial charge < -0.3 is 10.1 Å². The van der Waals surface area contributed by atoms with E-state index >= 15 is 0 Å². The third-order valence-electron chi connectivity index (χ3n) is 5.44. The maximum atomic E-state index is 12.6. The molecule has 4 rings (SSSR count). The number of thiophene rings is 1. The number of benzene rings is 1. The van der Waals surface area contributed by atoms with Gasteiger partial charge in [-0.05, 0) is 67.6 Å². The van der Waals surface area contributed by atoms with E-state index in [0.717, 1.165) is 44.6 Å². The summed E-state index contributed by atoms with van der Waals surface area (Å²) in [5.41, 5.74) is 1.63. The Morgan fingerprint density at radius 3 is 2.83 bits per heavy atom. The smallest absolute Gasteiger partial charge is 0.251 e. The molecule has 0 saturated carbocycles. The monoisotopic (exact) mass is 421 g/mol. The van der Waals surface area contributed by atoms with Gasteiger partial charge in [-0.15, -0.1) is 11.3 Å². The van der Waals surface area contributed by atoms with E-state index in [9.17, 15) is 4.79 Å². The molecule has 6 heteroatoms. The Hall–Kier alpha value is -2.70. The summed E-state index contributed by atoms with van der Waals surface area (Å²) in [6.45, 7) is 4.39. The predicted octanol–water partition coefficient (Wildman–Crippen LogP) is 4.36. The summed E-state index contributed by atoms with van der Waals surface area (Å²) in [6.07, 6.45) is 5.77. The molecule has 1 fully saturated rings. The molecule has 5 nitrogen and oxygen atoms in total. The van der Waals surface area contributed by atoms with E-state index in [1.165, 1.54) is 4.88 Å². The number of rotatable bonds is 8. The Kier molecular flexibility index (Phi) is 7.11. The van der Waals surface area contributed by atoms with Gasteiger partial charge in [0.1, 0.15) is 12.4 Å². The molecular weight excluding hydrogens is 394 g/mol. The average Bonchev–Trinajstić information content (AvgIpc) is 3.31. The summed E-state index contributed by atoms with van der Waals surface area (Å²) in [5.74, 6) is 1.19. The van der Waals surface area contributed by atoms with Crippen LogP contribution in [-0.2, 0) is 13.2 Å². The topological polar surface area (TPSA) is 54.5 Å². The van der Waals surface area contributed by atoms with Crippen molar-refractivity contribution in [3.05, 3.63) is 82.3 Å². The van der Waals surface area contributed by atoms with Crippen molar-refractivity contribution in [1.29, 1.82) is 0 Å². The Morgan fingerprint density at radius 1 is 1.17 bits per heavy atom. The number of hydrogen-bond acceptors (Lipinski definition) is 5. The zero-order chi connectivity index (χ0) is 20.6. The summed E-state index contributed by atoms with van der Waals surface area (Å²) in [6, 6.07) is 15.5. The molecule has 1 N–H and O–H groups in total. The van der Waals surface area contributed by atoms with Gasteiger partial charge in [0.05, 0.1) is 0 Å². The summed E-state index contributed by atoms with van der Waals surface area (Å²) in [5, 5.41) is 5.24. The van der Waals surface area contributed by atoms with E-state index < -0.39 is 0 Å². The predicted molar refractivity (Wildman–Crippen MR) is 120 cm³/mol. The van der Waals surface area contributed by atoms with E-state index in [0.29, 0.717) is 23.8 Å². The zero-order valence-corrected chi connectivity index (χ0v) is 17.8. The standard InChI is InChI=1S/C24H27N3O2S/c28-24(21-5-1-6-22(14-21)29-18-20-4-2-10-25-15-20)26-16-19-8-11-27(12-9-19)17-23-7-3-13-30-23/h1-7,10,13-15,19H,8-9,11-12,16-18H2,(H,26,28). The lowest BCUT2D eigenvalue weighted by Crippen LogP contribution is -2.38. The van der Waals surface area contributed by atoms with Crippen molar-refractivity contribution in [2.45, 2.75) is 26.0 Å². The lowest BCUT2D eigenvalue weighted by molar-refractivity contribution is 0.0935. The minimum atomic E-state index is -0.0390. The minimum absolute atomic E-state index is 0.0390. The van der Waals surface area contributed by atoms with Gasteiger partial charge in [0, 0.05) is 41.5 Å². The van der Waals surface area contributed by atoms with Gasteiger partial charge in [0.25, 0.3) is 5.91 Å². The van der Waals surface area contributed by atoms with Crippen LogP contribution in [0.1, 0.15) is 33.6 Å². The third-order valence-corrected chi connectivity index (χ3v) is 6.30. The van der Waals surface area contributed by atoms with E-state index in [1.54, 1.807) is 18.5 Å². The highest BCUT2D eigenvalue weighted by Crippen LogP contribution is 2.20. The van der Waals surface area contributed by atoms with Crippen LogP contribution in [-0.4, -0.2) is 35.4 Å². The van der Waals surface area contributed by atoms with Gasteiger partial charge in [-0.2, -0.15) is 0 Å². The van der Waals surface area contributed by atoms with Crippen molar-refractivity contribution in [3.8, 4) is 5.75 Å². The van der Waals surface area contributed by atoms with Crippen LogP contribution < -0.4 is 10.1 Å². The highest BCUT2D eigenvalue weighted by molar-refractivity contribution is 7.09. The summed E-state index contributed by atoms with van der Waals surface area (Å²) in [7, 11) is 0. The second kappa shape index (κ2) is 10.4. The number of nitrogens with one attached hydrogen (secondary N) is 1. The van der Waals surface area contributed by atoms with Gasteiger partial charge in [0.15, 0.2) is 0 Å². The van der Waals surface area contributed by atoms with Crippen molar-refractivity contribution in [3.63, 3.8) is 0 Å². The third kappa shape index (κ3) is 5.90. The number of nitrogens with zero attached hydrogens (tertiary/aromatic N) is 2. The van der Waals surface area contributed by atoms with Crippen molar-refractivity contribution in [2.75, 3.05) is 19.6 Å². The molecule has 1 amide bonds. The maximum absolute atomic E-state index is 12.6. The highest BCUT2D eigenvalue weighted by atomic mass is 32.1. The first kappa shape index (κ1) is 20.6. The van der Waals surface area contributed by atoms with Crippen LogP contribution >= 0.6 is 11.3 Å². The second-order valence-electron chi connectivity index (χ2n) is 7.69. The summed E-state index contributed by atoms with van der Waals surface area (Å²) in [4.78, 5) is 20.6. The van der Waals surface area contributed by atoms with E-state index in [-0.39, 0.29) is 5.91 Å². The number of amides is 1. The molecule has 1 saturated heterocycles. The first-order valence-electron chi connectivity index (χ1n) is 10.4. The Balaban J connectivity index is 1.21. The Bertz CT molecular complexity index is 923. The van der Waals surface area contributed by atoms with Gasteiger partial charge in [-0.3, -0.25) is 14.7 Å². The molecule has 3 aromatic rings. The van der Waals surface area contributed by atoms with Gasteiger partial charge in [-0.1, -0.05) is 18.2 Å². The van der Waals surface area contributed by atoms with Crippen LogP contribution in [0.15, 0.2) is 66.3 Å². The first-order valence-corrected chi connectivity index (χ1v) is 11.3. The molecule has 0 atom stereocenters. The summed E-state index contributed by atoms with van der Waals surface area (Å²) >= 11 is 1.82. The summed E-state index contributed by atoms with van der Waals surface area (Å²) < 4.78 is 5.81. The molecule has 0 radical (unpaired) electrons. The number of carbonyl (C=O) groups excluding carboxylic acids is 1. The van der Waals surface area contributed by atoms with Crippen molar-refractivity contribution < 1.29 is 9.53 Å². The van der Waals surface area contributed by atoms with Gasteiger partial charge >= 0.3 is 0 Å². The average molecular weight is 422 g/mol. The number of likely N-dealkylation sites (tertiary alicyclic amines) is 1. The van der Waals surface area contributed by atoms with Crippen molar-refractivity contribution in [2.24, 2.45) is 5.92 Å². The number of carbonyl (C=O) groups is 1. The minimum Gasteiger partial charge on any atom is -0.489 e. The number of aromatic nitrogens is 1. The zero-order valence-electron chi connectivity index (χ0n) is 17.0. The largest absolute Gasteiger partial charge is 0.489 e. The van der Waals surface area contributed by atoms with Gasteiger partial charge in [0.2, 0.25) is 0 Å². The van der Waals surface area contributed by atoms with Crippen molar-refractivity contribution >= 4 is 17.2 Å². The van der Waals surface area contributed by atoms with Crippen LogP contribution in [0.5, 0.6) is 5.75 Å². The fourth-order valence-electron chi connectivity index (χ4n) is 3.69. The molecule has 0 unspecified atom stereocenters. The van der Waals surface area contributed by atoms with Gasteiger partial charge in [-0.25, -0.2) is 0 Å². The quantitative estimate of drug-likeness (QED) is 0.587. The molecule has 0 bridgehead atoms.